The van der Waals surface area contributed by atoms with Crippen molar-refractivity contribution in [3.63, 3.8) is 0 Å². The molecular weight excluding hydrogens is 580 g/mol. The van der Waals surface area contributed by atoms with Gasteiger partial charge in [-0.1, -0.05) is 58.9 Å². The molecule has 11 heteroatoms. The molecule has 0 aliphatic carbocycles. The normalized spacial score (nSPS) is 15.1. The van der Waals surface area contributed by atoms with E-state index in [1.54, 1.807) is 13.8 Å². The van der Waals surface area contributed by atoms with E-state index < -0.39 is 35.8 Å². The number of ether oxygens (including phenoxy) is 5. The molecule has 0 amide bonds. The lowest BCUT2D eigenvalue weighted by Gasteiger charge is -2.28. The third-order valence-electron chi connectivity index (χ3n) is 6.57. The van der Waals surface area contributed by atoms with Crippen molar-refractivity contribution in [1.29, 1.82) is 0 Å². The van der Waals surface area contributed by atoms with Crippen molar-refractivity contribution >= 4 is 17.7 Å². The summed E-state index contributed by atoms with van der Waals surface area (Å²) < 4.78 is 27.2. The number of carbonyl (C=O) groups excluding carboxylic acids is 3. The number of rotatable bonds is 18. The van der Waals surface area contributed by atoms with E-state index in [1.807, 2.05) is 55.4 Å². The minimum atomic E-state index is -0.700. The Bertz CT molecular complexity index is 1120. The topological polar surface area (TPSA) is 157 Å². The van der Waals surface area contributed by atoms with Gasteiger partial charge in [0.2, 0.25) is 0 Å². The summed E-state index contributed by atoms with van der Waals surface area (Å²) in [6.07, 6.45) is 0.00499. The minimum Gasteiger partial charge on any atom is -0.503 e. The number of nitrogens with two attached hydrogens (primary N) is 1. The zero-order valence-corrected chi connectivity index (χ0v) is 29.0. The van der Waals surface area contributed by atoms with E-state index in [2.05, 4.69) is 18.1 Å². The number of carbonyl (C=O) groups is 3. The van der Waals surface area contributed by atoms with Crippen molar-refractivity contribution in [2.75, 3.05) is 20.3 Å². The SMILES string of the molecule is C=C(C)CO[C@@H](C)[C@H](OC(=O)[C@H](C)CC(=O)c1nccc(OC)c1O)C(C)C.C=C(C)CO[C@@H](C)[C@H](OC(=O)[C@H](C)N)C(C)C. The predicted octanol–water partition coefficient (Wildman–Crippen LogP) is 5.44. The number of hydrogen-bond donors (Lipinski definition) is 2. The highest BCUT2D eigenvalue weighted by Gasteiger charge is 2.30. The van der Waals surface area contributed by atoms with E-state index in [0.717, 1.165) is 11.1 Å². The summed E-state index contributed by atoms with van der Waals surface area (Å²) in [6.45, 7) is 27.0. The highest BCUT2D eigenvalue weighted by molar-refractivity contribution is 5.99. The standard InChI is InChI=1S/C21H31NO6.C13H25NO3/c1-12(2)11-27-15(6)20(13(3)4)28-21(25)14(5)10-16(23)18-19(24)17(26-7)8-9-22-18;1-8(2)7-16-11(6)12(9(3)4)17-13(15)10(5)14/h8-9,13-15,20,24H,1,10-11H2,2-7H3;9-12H,1,7,14H2,2-6H3/t14-,15+,20-;10-,11-,12+/m10/s1. The van der Waals surface area contributed by atoms with E-state index in [9.17, 15) is 19.5 Å². The molecule has 1 aromatic heterocycles. The fourth-order valence-corrected chi connectivity index (χ4v) is 4.04. The van der Waals surface area contributed by atoms with E-state index in [4.69, 9.17) is 29.4 Å². The maximum Gasteiger partial charge on any atom is 0.322 e. The van der Waals surface area contributed by atoms with Gasteiger partial charge in [0.15, 0.2) is 23.0 Å². The molecule has 0 saturated carbocycles. The van der Waals surface area contributed by atoms with E-state index in [1.165, 1.54) is 19.4 Å². The number of pyridine rings is 1. The fourth-order valence-electron chi connectivity index (χ4n) is 4.04. The first-order chi connectivity index (χ1) is 20.8. The molecule has 0 bridgehead atoms. The first kappa shape index (κ1) is 41.7. The molecule has 1 rings (SSSR count). The largest absolute Gasteiger partial charge is 0.503 e. The molecule has 0 aromatic carbocycles. The van der Waals surface area contributed by atoms with Crippen LogP contribution in [0.3, 0.4) is 0 Å². The van der Waals surface area contributed by atoms with Crippen molar-refractivity contribution in [2.24, 2.45) is 23.5 Å². The monoisotopic (exact) mass is 636 g/mol. The predicted molar refractivity (Wildman–Crippen MR) is 174 cm³/mol. The van der Waals surface area contributed by atoms with Crippen LogP contribution in [0.1, 0.15) is 86.1 Å². The molecule has 0 aliphatic heterocycles. The Kier molecular flexibility index (Phi) is 19.2. The van der Waals surface area contributed by atoms with Crippen LogP contribution in [0.2, 0.25) is 0 Å². The van der Waals surface area contributed by atoms with Gasteiger partial charge in [0.1, 0.15) is 18.2 Å². The van der Waals surface area contributed by atoms with Crippen LogP contribution in [0.25, 0.3) is 0 Å². The van der Waals surface area contributed by atoms with Gasteiger partial charge in [-0.2, -0.15) is 0 Å². The molecule has 45 heavy (non-hydrogen) atoms. The van der Waals surface area contributed by atoms with Crippen LogP contribution in [0, 0.1) is 17.8 Å². The molecule has 1 aromatic rings. The zero-order chi connectivity index (χ0) is 35.0. The molecule has 0 fully saturated rings. The summed E-state index contributed by atoms with van der Waals surface area (Å²) >= 11 is 0. The Morgan fingerprint density at radius 1 is 0.844 bits per heavy atom. The van der Waals surface area contributed by atoms with Gasteiger partial charge in [-0.25, -0.2) is 4.98 Å². The molecule has 0 saturated heterocycles. The molecule has 0 spiro atoms. The molecule has 256 valence electrons. The maximum atomic E-state index is 12.5. The van der Waals surface area contributed by atoms with Crippen molar-refractivity contribution in [1.82, 2.24) is 4.98 Å². The highest BCUT2D eigenvalue weighted by Crippen LogP contribution is 2.29. The summed E-state index contributed by atoms with van der Waals surface area (Å²) in [5.74, 6) is -2.03. The Morgan fingerprint density at radius 2 is 1.29 bits per heavy atom. The second kappa shape index (κ2) is 20.7. The molecular formula is C34H56N2O9. The Morgan fingerprint density at radius 3 is 1.67 bits per heavy atom. The number of methoxy groups -OCH3 is 1. The number of ketones is 1. The third kappa shape index (κ3) is 15.5. The molecule has 0 aliphatic rings. The zero-order valence-electron chi connectivity index (χ0n) is 29.0. The Labute approximate surface area is 269 Å². The van der Waals surface area contributed by atoms with Crippen LogP contribution in [-0.2, 0) is 28.5 Å². The van der Waals surface area contributed by atoms with Gasteiger partial charge in [0.05, 0.1) is 38.4 Å². The maximum absolute atomic E-state index is 12.5. The summed E-state index contributed by atoms with van der Waals surface area (Å²) in [7, 11) is 1.38. The average Bonchev–Trinajstić information content (AvgIpc) is 2.95. The number of nitrogens with zero attached hydrogens (tertiary/aromatic N) is 1. The van der Waals surface area contributed by atoms with Crippen molar-refractivity contribution in [3.8, 4) is 11.5 Å². The molecule has 3 N–H and O–H groups in total. The number of Topliss-reactive ketones (excluding diaryl/α,β-unsaturated/α-hetero) is 1. The van der Waals surface area contributed by atoms with Gasteiger partial charge in [0.25, 0.3) is 0 Å². The first-order valence-electron chi connectivity index (χ1n) is 15.3. The van der Waals surface area contributed by atoms with Gasteiger partial charge in [-0.15, -0.1) is 0 Å². The second-order valence-corrected chi connectivity index (χ2v) is 12.3. The smallest absolute Gasteiger partial charge is 0.322 e. The van der Waals surface area contributed by atoms with Gasteiger partial charge in [-0.05, 0) is 46.5 Å². The molecule has 1 heterocycles. The van der Waals surface area contributed by atoms with E-state index in [0.29, 0.717) is 13.2 Å². The van der Waals surface area contributed by atoms with Crippen LogP contribution in [0.15, 0.2) is 36.6 Å². The molecule has 0 unspecified atom stereocenters. The lowest BCUT2D eigenvalue weighted by Crippen LogP contribution is -2.40. The Balaban J connectivity index is 0.000000976. The number of aromatic nitrogens is 1. The average molecular weight is 637 g/mol. The van der Waals surface area contributed by atoms with Gasteiger partial charge in [-0.3, -0.25) is 14.4 Å². The molecule has 11 nitrogen and oxygen atoms in total. The summed E-state index contributed by atoms with van der Waals surface area (Å²) in [4.78, 5) is 40.4. The first-order valence-corrected chi connectivity index (χ1v) is 15.3. The summed E-state index contributed by atoms with van der Waals surface area (Å²) in [5.41, 5.74) is 7.17. The van der Waals surface area contributed by atoms with Crippen molar-refractivity contribution in [2.45, 2.75) is 106 Å². The van der Waals surface area contributed by atoms with Gasteiger partial charge >= 0.3 is 11.9 Å². The summed E-state index contributed by atoms with van der Waals surface area (Å²) in [5, 5.41) is 10.1. The van der Waals surface area contributed by atoms with Gasteiger partial charge in [0, 0.05) is 18.7 Å². The van der Waals surface area contributed by atoms with Crippen molar-refractivity contribution in [3.05, 3.63) is 42.3 Å². The highest BCUT2D eigenvalue weighted by atomic mass is 16.6. The van der Waals surface area contributed by atoms with Crippen LogP contribution in [0.5, 0.6) is 11.5 Å². The molecule has 0 radical (unpaired) electrons. The van der Waals surface area contributed by atoms with Crippen LogP contribution >= 0.6 is 0 Å². The van der Waals surface area contributed by atoms with Gasteiger partial charge < -0.3 is 34.5 Å². The fraction of sp³-hybridized carbons (Fsp3) is 0.647. The molecule has 6 atom stereocenters. The van der Waals surface area contributed by atoms with E-state index in [-0.39, 0.29) is 53.8 Å². The Hall–Kier alpha value is -3.28. The number of aromatic hydroxyl groups is 1. The van der Waals surface area contributed by atoms with E-state index >= 15 is 0 Å². The third-order valence-corrected chi connectivity index (χ3v) is 6.57. The minimum absolute atomic E-state index is 0.0380. The van der Waals surface area contributed by atoms with Crippen molar-refractivity contribution < 1.29 is 43.2 Å². The van der Waals surface area contributed by atoms with Crippen LogP contribution in [0.4, 0.5) is 0 Å². The quantitative estimate of drug-likeness (QED) is 0.120. The number of hydrogen-bond acceptors (Lipinski definition) is 11. The van der Waals surface area contributed by atoms with Crippen LogP contribution in [-0.4, -0.2) is 78.6 Å². The lowest BCUT2D eigenvalue weighted by molar-refractivity contribution is -0.164. The lowest BCUT2D eigenvalue weighted by atomic mass is 10.00. The second-order valence-electron chi connectivity index (χ2n) is 12.3. The van der Waals surface area contributed by atoms with Crippen LogP contribution < -0.4 is 10.5 Å². The number of esters is 2. The summed E-state index contributed by atoms with van der Waals surface area (Å²) in [6, 6.07) is 0.841.